The first-order valence-electron chi connectivity index (χ1n) is 10.7. The fourth-order valence-corrected chi connectivity index (χ4v) is 4.17. The summed E-state index contributed by atoms with van der Waals surface area (Å²) in [6.45, 7) is 3.95. The highest BCUT2D eigenvalue weighted by atomic mass is 16.5. The number of hydrogen-bond donors (Lipinski definition) is 2. The molecule has 32 heavy (non-hydrogen) atoms. The summed E-state index contributed by atoms with van der Waals surface area (Å²) < 4.78 is 7.87. The van der Waals surface area contributed by atoms with Gasteiger partial charge in [0.2, 0.25) is 0 Å². The molecule has 0 fully saturated rings. The smallest absolute Gasteiger partial charge is 0.307 e. The van der Waals surface area contributed by atoms with E-state index >= 15 is 0 Å². The van der Waals surface area contributed by atoms with E-state index in [1.807, 2.05) is 85.1 Å². The van der Waals surface area contributed by atoms with Crippen molar-refractivity contribution in [2.45, 2.75) is 39.0 Å². The van der Waals surface area contributed by atoms with Crippen LogP contribution in [0, 0.1) is 6.92 Å². The van der Waals surface area contributed by atoms with E-state index in [4.69, 9.17) is 4.74 Å². The first-order valence-corrected chi connectivity index (χ1v) is 10.7. The highest BCUT2D eigenvalue weighted by molar-refractivity contribution is 5.88. The number of carboxylic acids is 1. The predicted octanol–water partition coefficient (Wildman–Crippen LogP) is 5.13. The number of aryl methyl sites for hydroxylation is 1. The molecular weight excluding hydrogens is 402 g/mol. The van der Waals surface area contributed by atoms with Crippen molar-refractivity contribution in [1.82, 2.24) is 4.57 Å². The van der Waals surface area contributed by atoms with Crippen LogP contribution >= 0.6 is 0 Å². The molecular formula is C27H27NO4. The Morgan fingerprint density at radius 1 is 1.00 bits per heavy atom. The zero-order valence-corrected chi connectivity index (χ0v) is 18.2. The van der Waals surface area contributed by atoms with Crippen LogP contribution in [0.3, 0.4) is 0 Å². The highest BCUT2D eigenvalue weighted by Crippen LogP contribution is 2.30. The second-order valence-corrected chi connectivity index (χ2v) is 8.14. The summed E-state index contributed by atoms with van der Waals surface area (Å²) in [7, 11) is 0. The lowest BCUT2D eigenvalue weighted by Gasteiger charge is -2.19. The number of aromatic nitrogens is 1. The molecule has 5 heteroatoms. The molecule has 4 rings (SSSR count). The van der Waals surface area contributed by atoms with Gasteiger partial charge in [-0.2, -0.15) is 0 Å². The van der Waals surface area contributed by atoms with E-state index in [9.17, 15) is 15.0 Å². The Labute approximate surface area is 187 Å². The molecule has 4 aromatic rings. The number of fused-ring (bicyclic) bond motifs is 1. The van der Waals surface area contributed by atoms with Crippen molar-refractivity contribution in [2.75, 3.05) is 0 Å². The van der Waals surface area contributed by atoms with E-state index in [-0.39, 0.29) is 12.5 Å². The minimum absolute atomic E-state index is 0.0245. The quantitative estimate of drug-likeness (QED) is 0.408. The first-order chi connectivity index (χ1) is 15.4. The predicted molar refractivity (Wildman–Crippen MR) is 125 cm³/mol. The lowest BCUT2D eigenvalue weighted by molar-refractivity contribution is -0.136. The molecule has 0 aliphatic heterocycles. The van der Waals surface area contributed by atoms with Gasteiger partial charge in [-0.1, -0.05) is 54.6 Å². The summed E-state index contributed by atoms with van der Waals surface area (Å²) in [5.41, 5.74) is 4.37. The highest BCUT2D eigenvalue weighted by Gasteiger charge is 2.18. The van der Waals surface area contributed by atoms with Crippen LogP contribution in [-0.4, -0.2) is 26.9 Å². The molecule has 5 nitrogen and oxygen atoms in total. The van der Waals surface area contributed by atoms with Gasteiger partial charge in [-0.25, -0.2) is 0 Å². The number of nitrogens with zero attached hydrogens (tertiary/aromatic N) is 1. The fourth-order valence-electron chi connectivity index (χ4n) is 4.17. The van der Waals surface area contributed by atoms with Gasteiger partial charge < -0.3 is 19.5 Å². The molecule has 0 bridgehead atoms. The molecule has 2 atom stereocenters. The second kappa shape index (κ2) is 9.28. The average Bonchev–Trinajstić information content (AvgIpc) is 3.11. The zero-order chi connectivity index (χ0) is 22.7. The molecule has 2 unspecified atom stereocenters. The summed E-state index contributed by atoms with van der Waals surface area (Å²) in [6.07, 6.45) is -0.0949. The number of benzene rings is 3. The van der Waals surface area contributed by atoms with Gasteiger partial charge in [0, 0.05) is 23.1 Å². The van der Waals surface area contributed by atoms with Gasteiger partial charge in [-0.15, -0.1) is 0 Å². The van der Waals surface area contributed by atoms with Crippen molar-refractivity contribution in [3.63, 3.8) is 0 Å². The van der Waals surface area contributed by atoms with Gasteiger partial charge in [0.05, 0.1) is 18.0 Å². The number of rotatable bonds is 8. The van der Waals surface area contributed by atoms with Gasteiger partial charge in [-0.05, 0) is 49.2 Å². The molecule has 0 saturated heterocycles. The molecule has 1 heterocycles. The molecule has 3 aromatic carbocycles. The van der Waals surface area contributed by atoms with E-state index in [1.165, 1.54) is 5.56 Å². The van der Waals surface area contributed by atoms with Gasteiger partial charge in [-0.3, -0.25) is 4.79 Å². The maximum absolute atomic E-state index is 11.2. The standard InChI is InChI=1S/C27H27NO4/c1-18-15-24-22(17-26(29)30)9-6-10-25(24)28(18)27(31)21-11-13-23(14-12-21)32-19(2)16-20-7-4-3-5-8-20/h3-15,19,27,31H,16-17H2,1-2H3,(H,29,30). The van der Waals surface area contributed by atoms with Crippen molar-refractivity contribution >= 4 is 16.9 Å². The maximum Gasteiger partial charge on any atom is 0.307 e. The van der Waals surface area contributed by atoms with Crippen molar-refractivity contribution < 1.29 is 19.7 Å². The maximum atomic E-state index is 11.2. The van der Waals surface area contributed by atoms with Crippen LogP contribution in [0.1, 0.15) is 35.5 Å². The van der Waals surface area contributed by atoms with Crippen LogP contribution in [0.2, 0.25) is 0 Å². The molecule has 0 saturated carbocycles. The van der Waals surface area contributed by atoms with Crippen LogP contribution in [-0.2, 0) is 17.6 Å². The van der Waals surface area contributed by atoms with E-state index in [0.29, 0.717) is 0 Å². The van der Waals surface area contributed by atoms with E-state index in [0.717, 1.165) is 39.9 Å². The summed E-state index contributed by atoms with van der Waals surface area (Å²) in [6, 6.07) is 25.2. The second-order valence-electron chi connectivity index (χ2n) is 8.14. The number of hydrogen-bond acceptors (Lipinski definition) is 3. The fraction of sp³-hybridized carbons (Fsp3) is 0.222. The topological polar surface area (TPSA) is 71.7 Å². The lowest BCUT2D eigenvalue weighted by atomic mass is 10.1. The lowest BCUT2D eigenvalue weighted by Crippen LogP contribution is -2.15. The van der Waals surface area contributed by atoms with Crippen LogP contribution in [0.25, 0.3) is 10.9 Å². The third kappa shape index (κ3) is 4.68. The number of carboxylic acid groups (broad SMARTS) is 1. The summed E-state index contributed by atoms with van der Waals surface area (Å²) in [5.74, 6) is -0.122. The Morgan fingerprint density at radius 3 is 2.41 bits per heavy atom. The Kier molecular flexibility index (Phi) is 6.28. The number of aliphatic carboxylic acids is 1. The Hall–Kier alpha value is -3.57. The number of ether oxygens (including phenoxy) is 1. The molecule has 2 N–H and O–H groups in total. The minimum atomic E-state index is -0.886. The Bertz CT molecular complexity index is 1210. The van der Waals surface area contributed by atoms with Gasteiger partial charge in [0.15, 0.2) is 6.23 Å². The third-order valence-electron chi connectivity index (χ3n) is 5.63. The van der Waals surface area contributed by atoms with E-state index < -0.39 is 12.2 Å². The monoisotopic (exact) mass is 429 g/mol. The van der Waals surface area contributed by atoms with Crippen LogP contribution in [0.15, 0.2) is 78.9 Å². The third-order valence-corrected chi connectivity index (χ3v) is 5.63. The average molecular weight is 430 g/mol. The van der Waals surface area contributed by atoms with Crippen molar-refractivity contribution in [3.05, 3.63) is 101 Å². The Balaban J connectivity index is 1.52. The van der Waals surface area contributed by atoms with Crippen LogP contribution < -0.4 is 4.74 Å². The number of carbonyl (C=O) groups is 1. The molecule has 0 radical (unpaired) electrons. The normalized spacial score (nSPS) is 13.1. The minimum Gasteiger partial charge on any atom is -0.490 e. The van der Waals surface area contributed by atoms with E-state index in [2.05, 4.69) is 12.1 Å². The summed E-state index contributed by atoms with van der Waals surface area (Å²) >= 11 is 0. The van der Waals surface area contributed by atoms with Crippen molar-refractivity contribution in [2.24, 2.45) is 0 Å². The van der Waals surface area contributed by atoms with E-state index in [1.54, 1.807) is 0 Å². The molecule has 0 spiro atoms. The summed E-state index contributed by atoms with van der Waals surface area (Å²) in [4.78, 5) is 11.2. The molecule has 1 aromatic heterocycles. The molecule has 164 valence electrons. The van der Waals surface area contributed by atoms with Gasteiger partial charge >= 0.3 is 5.97 Å². The van der Waals surface area contributed by atoms with Gasteiger partial charge in [0.1, 0.15) is 5.75 Å². The van der Waals surface area contributed by atoms with Crippen molar-refractivity contribution in [1.29, 1.82) is 0 Å². The Morgan fingerprint density at radius 2 is 1.72 bits per heavy atom. The number of aliphatic hydroxyl groups is 1. The summed E-state index contributed by atoms with van der Waals surface area (Å²) in [5, 5.41) is 21.1. The van der Waals surface area contributed by atoms with Crippen LogP contribution in [0.5, 0.6) is 5.75 Å². The SMILES string of the molecule is Cc1cc2c(CC(=O)O)cccc2n1C(O)c1ccc(OC(C)Cc2ccccc2)cc1. The molecule has 0 amide bonds. The largest absolute Gasteiger partial charge is 0.490 e. The van der Waals surface area contributed by atoms with Crippen molar-refractivity contribution in [3.8, 4) is 5.75 Å². The molecule has 0 aliphatic rings. The van der Waals surface area contributed by atoms with Gasteiger partial charge in [0.25, 0.3) is 0 Å². The number of aliphatic hydroxyl groups excluding tert-OH is 1. The first kappa shape index (κ1) is 21.7. The zero-order valence-electron chi connectivity index (χ0n) is 18.2. The molecule has 0 aliphatic carbocycles. The van der Waals surface area contributed by atoms with Crippen LogP contribution in [0.4, 0.5) is 0 Å².